The van der Waals surface area contributed by atoms with Crippen LogP contribution in [0, 0.1) is 13.8 Å². The number of rotatable bonds is 4. The van der Waals surface area contributed by atoms with Crippen LogP contribution in [0.5, 0.6) is 0 Å². The molecule has 4 aromatic rings. The molecule has 11 heteroatoms. The third-order valence-corrected chi connectivity index (χ3v) is 8.67. The first-order chi connectivity index (χ1) is 18.1. The maximum Gasteiger partial charge on any atom is 0.417 e. The normalized spacial score (nSPS) is 12.2. The molecular weight excluding hydrogens is 562 g/mol. The predicted octanol–water partition coefficient (Wildman–Crippen LogP) is 8.03. The van der Waals surface area contributed by atoms with Crippen LogP contribution in [0.2, 0.25) is 0 Å². The maximum absolute atomic E-state index is 12.4. The van der Waals surface area contributed by atoms with Crippen molar-refractivity contribution in [2.24, 2.45) is 0 Å². The number of benzene rings is 4. The molecular formula is C28H22F6O3S2. The van der Waals surface area contributed by atoms with Crippen LogP contribution in [0.4, 0.5) is 26.3 Å². The lowest BCUT2D eigenvalue weighted by atomic mass is 10.1. The lowest BCUT2D eigenvalue weighted by molar-refractivity contribution is -0.144. The van der Waals surface area contributed by atoms with E-state index in [1.165, 1.54) is 25.8 Å². The van der Waals surface area contributed by atoms with E-state index in [0.29, 0.717) is 0 Å². The Hall–Kier alpha value is -3.28. The van der Waals surface area contributed by atoms with E-state index < -0.39 is 44.6 Å². The molecule has 3 nitrogen and oxygen atoms in total. The molecule has 0 amide bonds. The smallest absolute Gasteiger partial charge is 0.417 e. The van der Waals surface area contributed by atoms with Gasteiger partial charge in [0.2, 0.25) is 0 Å². The zero-order chi connectivity index (χ0) is 29.0. The summed E-state index contributed by atoms with van der Waals surface area (Å²) in [6, 6.07) is 28.1. The van der Waals surface area contributed by atoms with Crippen molar-refractivity contribution in [2.75, 3.05) is 0 Å². The molecule has 0 spiro atoms. The molecule has 0 bridgehead atoms. The van der Waals surface area contributed by atoms with Gasteiger partial charge in [0, 0.05) is 5.56 Å². The summed E-state index contributed by atoms with van der Waals surface area (Å²) in [6.45, 7) is 4.37. The Bertz CT molecular complexity index is 1480. The zero-order valence-electron chi connectivity index (χ0n) is 20.5. The predicted molar refractivity (Wildman–Crippen MR) is 135 cm³/mol. The molecule has 4 aromatic carbocycles. The van der Waals surface area contributed by atoms with Gasteiger partial charge < -0.3 is 4.55 Å². The van der Waals surface area contributed by atoms with E-state index in [0.717, 1.165) is 0 Å². The summed E-state index contributed by atoms with van der Waals surface area (Å²) in [5, 5.41) is 0. The number of halogens is 6. The third kappa shape index (κ3) is 7.87. The molecule has 0 saturated carbocycles. The molecule has 4 rings (SSSR count). The summed E-state index contributed by atoms with van der Waals surface area (Å²) in [6.07, 6.45) is -10.5. The van der Waals surface area contributed by atoms with Crippen LogP contribution in [-0.2, 0) is 33.4 Å². The molecule has 0 saturated heterocycles. The number of alkyl halides is 6. The fourth-order valence-electron chi connectivity index (χ4n) is 3.68. The van der Waals surface area contributed by atoms with Gasteiger partial charge in [-0.3, -0.25) is 0 Å². The van der Waals surface area contributed by atoms with Crippen LogP contribution >= 0.6 is 0 Å². The van der Waals surface area contributed by atoms with Gasteiger partial charge in [0.1, 0.15) is 10.1 Å². The Morgan fingerprint density at radius 2 is 1.18 bits per heavy atom. The summed E-state index contributed by atoms with van der Waals surface area (Å²) >= 11 is 0. The average molecular weight is 585 g/mol. The van der Waals surface area contributed by atoms with E-state index in [2.05, 4.69) is 92.7 Å². The Morgan fingerprint density at radius 3 is 1.59 bits per heavy atom. The lowest BCUT2D eigenvalue weighted by Crippen LogP contribution is -2.15. The van der Waals surface area contributed by atoms with Gasteiger partial charge in [-0.25, -0.2) is 8.42 Å². The second kappa shape index (κ2) is 11.8. The molecule has 0 N–H and O–H groups in total. The second-order valence-electron chi connectivity index (χ2n) is 8.36. The Labute approximate surface area is 225 Å². The van der Waals surface area contributed by atoms with Gasteiger partial charge in [0.15, 0.2) is 14.7 Å². The number of aryl methyl sites for hydroxylation is 2. The summed E-state index contributed by atoms with van der Waals surface area (Å²) in [4.78, 5) is 2.42. The second-order valence-corrected chi connectivity index (χ2v) is 11.7. The molecule has 0 heterocycles. The van der Waals surface area contributed by atoms with E-state index in [1.54, 1.807) is 0 Å². The van der Waals surface area contributed by atoms with Crippen LogP contribution in [0.3, 0.4) is 0 Å². The Balaban J connectivity index is 0.000000219. The van der Waals surface area contributed by atoms with Crippen LogP contribution < -0.4 is 0 Å². The number of hydrogen-bond donors (Lipinski definition) is 0. The van der Waals surface area contributed by atoms with Crippen molar-refractivity contribution in [3.63, 3.8) is 0 Å². The molecule has 0 radical (unpaired) electrons. The van der Waals surface area contributed by atoms with Crippen LogP contribution in [0.1, 0.15) is 22.3 Å². The monoisotopic (exact) mass is 584 g/mol. The van der Waals surface area contributed by atoms with Crippen molar-refractivity contribution in [1.29, 1.82) is 0 Å². The van der Waals surface area contributed by atoms with Gasteiger partial charge in [0.05, 0.1) is 26.9 Å². The minimum Gasteiger partial charge on any atom is -0.744 e. The molecule has 39 heavy (non-hydrogen) atoms. The first-order valence-corrected chi connectivity index (χ1v) is 13.9. The van der Waals surface area contributed by atoms with Crippen molar-refractivity contribution in [3.8, 4) is 0 Å². The highest BCUT2D eigenvalue weighted by Crippen LogP contribution is 2.38. The SMILES string of the molecule is Cc1ccc([S+](c2ccccc2)c2ccccc2)c(C)c1.O=S(=O)([O-])c1ccc(C(F)(F)F)cc1C(F)(F)F. The molecule has 206 valence electrons. The maximum atomic E-state index is 12.4. The average Bonchev–Trinajstić information content (AvgIpc) is 2.85. The minimum absolute atomic E-state index is 0.00597. The first-order valence-electron chi connectivity index (χ1n) is 11.2. The van der Waals surface area contributed by atoms with Gasteiger partial charge in [-0.15, -0.1) is 0 Å². The molecule has 0 unspecified atom stereocenters. The highest BCUT2D eigenvalue weighted by Gasteiger charge is 2.39. The summed E-state index contributed by atoms with van der Waals surface area (Å²) in [5.74, 6) is 0. The van der Waals surface area contributed by atoms with Crippen molar-refractivity contribution in [3.05, 3.63) is 119 Å². The molecule has 0 fully saturated rings. The van der Waals surface area contributed by atoms with E-state index in [1.807, 2.05) is 0 Å². The fourth-order valence-corrected chi connectivity index (χ4v) is 6.58. The van der Waals surface area contributed by atoms with Gasteiger partial charge in [-0.05, 0) is 62.4 Å². The Morgan fingerprint density at radius 1 is 0.667 bits per heavy atom. The quantitative estimate of drug-likeness (QED) is 0.139. The van der Waals surface area contributed by atoms with Crippen molar-refractivity contribution in [1.82, 2.24) is 0 Å². The van der Waals surface area contributed by atoms with Crippen LogP contribution in [-0.4, -0.2) is 13.0 Å². The van der Waals surface area contributed by atoms with Gasteiger partial charge >= 0.3 is 12.4 Å². The summed E-state index contributed by atoms with van der Waals surface area (Å²) in [5.41, 5.74) is -1.14. The van der Waals surface area contributed by atoms with Crippen molar-refractivity contribution < 1.29 is 39.3 Å². The van der Waals surface area contributed by atoms with Crippen molar-refractivity contribution in [2.45, 2.75) is 45.8 Å². The van der Waals surface area contributed by atoms with E-state index in [4.69, 9.17) is 0 Å². The van der Waals surface area contributed by atoms with E-state index in [-0.39, 0.29) is 23.0 Å². The molecule has 0 aliphatic rings. The minimum atomic E-state index is -5.52. The highest BCUT2D eigenvalue weighted by molar-refractivity contribution is 7.97. The van der Waals surface area contributed by atoms with Crippen LogP contribution in [0.15, 0.2) is 117 Å². The molecule has 0 aliphatic heterocycles. The topological polar surface area (TPSA) is 57.2 Å². The largest absolute Gasteiger partial charge is 0.744 e. The third-order valence-electron chi connectivity index (χ3n) is 5.39. The Kier molecular flexibility index (Phi) is 9.20. The van der Waals surface area contributed by atoms with E-state index in [9.17, 15) is 39.3 Å². The zero-order valence-corrected chi connectivity index (χ0v) is 22.2. The van der Waals surface area contributed by atoms with E-state index >= 15 is 0 Å². The summed E-state index contributed by atoms with van der Waals surface area (Å²) in [7, 11) is -5.55. The molecule has 0 atom stereocenters. The summed E-state index contributed by atoms with van der Waals surface area (Å²) < 4.78 is 105. The van der Waals surface area contributed by atoms with Gasteiger partial charge in [-0.1, -0.05) is 54.1 Å². The highest BCUT2D eigenvalue weighted by atomic mass is 32.2. The number of hydrogen-bond acceptors (Lipinski definition) is 3. The van der Waals surface area contributed by atoms with Gasteiger partial charge in [-0.2, -0.15) is 26.3 Å². The van der Waals surface area contributed by atoms with Gasteiger partial charge in [0.25, 0.3) is 0 Å². The fraction of sp³-hybridized carbons (Fsp3) is 0.143. The van der Waals surface area contributed by atoms with Crippen LogP contribution in [0.25, 0.3) is 0 Å². The molecule has 0 aromatic heterocycles. The standard InChI is InChI=1S/C20H19S.C8H4F6O3S/c1-16-13-14-20(17(2)15-16)21(18-9-5-3-6-10-18)19-11-7-4-8-12-19;9-7(10,11)4-1-2-6(18(15,16)17)5(3-4)8(12,13)14/h3-15H,1-2H3;1-3H,(H,15,16,17)/q+1;/p-1. The lowest BCUT2D eigenvalue weighted by Gasteiger charge is -2.17. The molecule has 0 aliphatic carbocycles. The van der Waals surface area contributed by atoms with Crippen molar-refractivity contribution >= 4 is 21.0 Å². The first kappa shape index (κ1) is 30.3.